The standard InChI is InChI=1S/C13H26N2O4/c1-6-10(4)15(7-8-19-5)13(18)14-11(9(2)3)12(16)17/h9-11H,6-8H2,1-5H3,(H,14,18)(H,16,17)/t10?,11-/m1/s1. The predicted octanol–water partition coefficient (Wildman–Crippen LogP) is 1.55. The minimum Gasteiger partial charge on any atom is -0.480 e. The Hall–Kier alpha value is -1.30. The van der Waals surface area contributed by atoms with Crippen molar-refractivity contribution >= 4 is 12.0 Å². The van der Waals surface area contributed by atoms with Gasteiger partial charge in [0.15, 0.2) is 0 Å². The van der Waals surface area contributed by atoms with Crippen LogP contribution in [0.1, 0.15) is 34.1 Å². The smallest absolute Gasteiger partial charge is 0.326 e. The van der Waals surface area contributed by atoms with Gasteiger partial charge in [-0.2, -0.15) is 0 Å². The van der Waals surface area contributed by atoms with Crippen LogP contribution in [0.3, 0.4) is 0 Å². The van der Waals surface area contributed by atoms with Crippen molar-refractivity contribution in [2.75, 3.05) is 20.3 Å². The fourth-order valence-corrected chi connectivity index (χ4v) is 1.66. The molecule has 2 amide bonds. The third-order valence-corrected chi connectivity index (χ3v) is 3.13. The molecular formula is C13H26N2O4. The molecule has 0 aromatic carbocycles. The Bertz CT molecular complexity index is 294. The van der Waals surface area contributed by atoms with Gasteiger partial charge >= 0.3 is 12.0 Å². The summed E-state index contributed by atoms with van der Waals surface area (Å²) in [4.78, 5) is 24.9. The molecule has 6 nitrogen and oxygen atoms in total. The average molecular weight is 274 g/mol. The quantitative estimate of drug-likeness (QED) is 0.704. The first-order chi connectivity index (χ1) is 8.84. The van der Waals surface area contributed by atoms with Crippen LogP contribution in [0, 0.1) is 5.92 Å². The Kier molecular flexibility index (Phi) is 8.14. The number of carbonyl (C=O) groups excluding carboxylic acids is 1. The maximum Gasteiger partial charge on any atom is 0.326 e. The fourth-order valence-electron chi connectivity index (χ4n) is 1.66. The van der Waals surface area contributed by atoms with Crippen LogP contribution in [-0.2, 0) is 9.53 Å². The largest absolute Gasteiger partial charge is 0.480 e. The summed E-state index contributed by atoms with van der Waals surface area (Å²) in [5.74, 6) is -1.18. The van der Waals surface area contributed by atoms with Crippen LogP contribution in [0.5, 0.6) is 0 Å². The molecule has 112 valence electrons. The van der Waals surface area contributed by atoms with Gasteiger partial charge in [-0.1, -0.05) is 20.8 Å². The van der Waals surface area contributed by atoms with E-state index >= 15 is 0 Å². The molecule has 0 fully saturated rings. The summed E-state index contributed by atoms with van der Waals surface area (Å²) in [6.07, 6.45) is 0.802. The van der Waals surface area contributed by atoms with Gasteiger partial charge in [0.05, 0.1) is 6.61 Å². The van der Waals surface area contributed by atoms with Crippen LogP contribution < -0.4 is 5.32 Å². The molecule has 19 heavy (non-hydrogen) atoms. The van der Waals surface area contributed by atoms with E-state index in [1.807, 2.05) is 13.8 Å². The number of rotatable bonds is 8. The molecule has 0 radical (unpaired) electrons. The monoisotopic (exact) mass is 274 g/mol. The molecular weight excluding hydrogens is 248 g/mol. The lowest BCUT2D eigenvalue weighted by atomic mass is 10.1. The van der Waals surface area contributed by atoms with E-state index in [0.29, 0.717) is 13.2 Å². The van der Waals surface area contributed by atoms with Crippen LogP contribution in [0.2, 0.25) is 0 Å². The van der Waals surface area contributed by atoms with E-state index in [1.54, 1.807) is 25.9 Å². The Morgan fingerprint density at radius 2 is 1.89 bits per heavy atom. The van der Waals surface area contributed by atoms with Crippen LogP contribution >= 0.6 is 0 Å². The normalized spacial score (nSPS) is 14.0. The minimum atomic E-state index is -1.01. The molecule has 0 aliphatic rings. The van der Waals surface area contributed by atoms with E-state index in [2.05, 4.69) is 5.32 Å². The summed E-state index contributed by atoms with van der Waals surface area (Å²) < 4.78 is 4.98. The maximum absolute atomic E-state index is 12.2. The van der Waals surface area contributed by atoms with Crippen molar-refractivity contribution in [1.29, 1.82) is 0 Å². The molecule has 6 heteroatoms. The van der Waals surface area contributed by atoms with Crippen LogP contribution in [0.25, 0.3) is 0 Å². The van der Waals surface area contributed by atoms with Gasteiger partial charge in [-0.25, -0.2) is 9.59 Å². The molecule has 0 aliphatic heterocycles. The summed E-state index contributed by atoms with van der Waals surface area (Å²) in [5, 5.41) is 11.7. The van der Waals surface area contributed by atoms with Crippen molar-refractivity contribution in [2.45, 2.75) is 46.2 Å². The van der Waals surface area contributed by atoms with Crippen molar-refractivity contribution in [3.8, 4) is 0 Å². The number of nitrogens with zero attached hydrogens (tertiary/aromatic N) is 1. The maximum atomic E-state index is 12.2. The summed E-state index contributed by atoms with van der Waals surface area (Å²) in [6.45, 7) is 8.32. The number of hydrogen-bond acceptors (Lipinski definition) is 3. The van der Waals surface area contributed by atoms with Crippen LogP contribution in [-0.4, -0.2) is 54.4 Å². The van der Waals surface area contributed by atoms with E-state index in [0.717, 1.165) is 6.42 Å². The average Bonchev–Trinajstić information content (AvgIpc) is 2.35. The van der Waals surface area contributed by atoms with Gasteiger partial charge in [0.2, 0.25) is 0 Å². The molecule has 0 aliphatic carbocycles. The third-order valence-electron chi connectivity index (χ3n) is 3.13. The first-order valence-corrected chi connectivity index (χ1v) is 6.63. The lowest BCUT2D eigenvalue weighted by Crippen LogP contribution is -2.53. The Labute approximate surface area is 115 Å². The zero-order valence-electron chi connectivity index (χ0n) is 12.5. The Morgan fingerprint density at radius 3 is 2.26 bits per heavy atom. The zero-order chi connectivity index (χ0) is 15.0. The number of hydrogen-bond donors (Lipinski definition) is 2. The number of ether oxygens (including phenoxy) is 1. The second-order valence-corrected chi connectivity index (χ2v) is 4.95. The van der Waals surface area contributed by atoms with Gasteiger partial charge in [0.1, 0.15) is 6.04 Å². The summed E-state index contributed by atoms with van der Waals surface area (Å²) in [5.41, 5.74) is 0. The van der Waals surface area contributed by atoms with Crippen molar-refractivity contribution in [1.82, 2.24) is 10.2 Å². The van der Waals surface area contributed by atoms with Gasteiger partial charge < -0.3 is 20.1 Å². The van der Waals surface area contributed by atoms with Crippen LogP contribution in [0.4, 0.5) is 4.79 Å². The molecule has 0 aromatic heterocycles. The SMILES string of the molecule is CCC(C)N(CCOC)C(=O)N[C@@H](C(=O)O)C(C)C. The van der Waals surface area contributed by atoms with Crippen molar-refractivity contribution in [3.05, 3.63) is 0 Å². The first-order valence-electron chi connectivity index (χ1n) is 6.63. The molecule has 2 atom stereocenters. The van der Waals surface area contributed by atoms with Crippen molar-refractivity contribution in [2.24, 2.45) is 5.92 Å². The third kappa shape index (κ3) is 5.92. The second kappa shape index (κ2) is 8.74. The van der Waals surface area contributed by atoms with Gasteiger partial charge in [0, 0.05) is 19.7 Å². The molecule has 0 rings (SSSR count). The minimum absolute atomic E-state index is 0.0387. The van der Waals surface area contributed by atoms with E-state index in [4.69, 9.17) is 9.84 Å². The lowest BCUT2D eigenvalue weighted by molar-refractivity contribution is -0.140. The highest BCUT2D eigenvalue weighted by Crippen LogP contribution is 2.07. The van der Waals surface area contributed by atoms with E-state index in [-0.39, 0.29) is 18.0 Å². The zero-order valence-corrected chi connectivity index (χ0v) is 12.5. The summed E-state index contributed by atoms with van der Waals surface area (Å²) in [6, 6.07) is -1.19. The van der Waals surface area contributed by atoms with E-state index in [9.17, 15) is 9.59 Å². The highest BCUT2D eigenvalue weighted by molar-refractivity contribution is 5.82. The molecule has 0 spiro atoms. The summed E-state index contributed by atoms with van der Waals surface area (Å²) in [7, 11) is 1.57. The number of carboxylic acids is 1. The van der Waals surface area contributed by atoms with Gasteiger partial charge in [-0.3, -0.25) is 0 Å². The first kappa shape index (κ1) is 17.7. The Balaban J connectivity index is 4.74. The molecule has 0 saturated heterocycles. The number of aliphatic carboxylic acids is 1. The topological polar surface area (TPSA) is 78.9 Å². The number of carboxylic acid groups (broad SMARTS) is 1. The molecule has 0 bridgehead atoms. The van der Waals surface area contributed by atoms with Crippen molar-refractivity contribution in [3.63, 3.8) is 0 Å². The number of methoxy groups -OCH3 is 1. The predicted molar refractivity (Wildman–Crippen MR) is 73.1 cm³/mol. The molecule has 1 unspecified atom stereocenters. The van der Waals surface area contributed by atoms with Gasteiger partial charge in [0.25, 0.3) is 0 Å². The molecule has 0 aromatic rings. The van der Waals surface area contributed by atoms with E-state index in [1.165, 1.54) is 0 Å². The molecule has 0 heterocycles. The number of carbonyl (C=O) groups is 2. The van der Waals surface area contributed by atoms with Crippen LogP contribution in [0.15, 0.2) is 0 Å². The number of nitrogens with one attached hydrogen (secondary N) is 1. The lowest BCUT2D eigenvalue weighted by Gasteiger charge is -2.30. The second-order valence-electron chi connectivity index (χ2n) is 4.95. The van der Waals surface area contributed by atoms with Gasteiger partial charge in [-0.15, -0.1) is 0 Å². The number of urea groups is 1. The number of amides is 2. The van der Waals surface area contributed by atoms with Gasteiger partial charge in [-0.05, 0) is 19.3 Å². The highest BCUT2D eigenvalue weighted by atomic mass is 16.5. The Morgan fingerprint density at radius 1 is 1.32 bits per heavy atom. The highest BCUT2D eigenvalue weighted by Gasteiger charge is 2.27. The van der Waals surface area contributed by atoms with E-state index < -0.39 is 12.0 Å². The van der Waals surface area contributed by atoms with Crippen molar-refractivity contribution < 1.29 is 19.4 Å². The molecule has 2 N–H and O–H groups in total. The summed E-state index contributed by atoms with van der Waals surface area (Å²) >= 11 is 0. The molecule has 0 saturated carbocycles. The fraction of sp³-hybridized carbons (Fsp3) is 0.846.